The van der Waals surface area contributed by atoms with Crippen LogP contribution in [0.15, 0.2) is 30.5 Å². The molecule has 5 nitrogen and oxygen atoms in total. The minimum Gasteiger partial charge on any atom is -0.392 e. The van der Waals surface area contributed by atoms with Gasteiger partial charge in [0.05, 0.1) is 11.8 Å². The van der Waals surface area contributed by atoms with Crippen LogP contribution in [0.25, 0.3) is 11.7 Å². The predicted molar refractivity (Wildman–Crippen MR) is 73.9 cm³/mol. The molecule has 100 valence electrons. The number of hydrogen-bond acceptors (Lipinski definition) is 3. The first-order valence-electron chi connectivity index (χ1n) is 5.84. The first-order valence-corrected chi connectivity index (χ1v) is 6.22. The molecule has 0 aliphatic carbocycles. The van der Waals surface area contributed by atoms with Crippen molar-refractivity contribution in [3.05, 3.63) is 41.3 Å². The zero-order valence-corrected chi connectivity index (χ0v) is 11.1. The number of carbonyl (C=O) groups is 1. The van der Waals surface area contributed by atoms with Crippen LogP contribution < -0.4 is 5.32 Å². The predicted octanol–water partition coefficient (Wildman–Crippen LogP) is 1.50. The van der Waals surface area contributed by atoms with E-state index in [9.17, 15) is 4.79 Å². The Hall–Kier alpha value is -1.85. The van der Waals surface area contributed by atoms with Crippen LogP contribution in [0.2, 0.25) is 5.15 Å². The fourth-order valence-electron chi connectivity index (χ4n) is 1.60. The second kappa shape index (κ2) is 5.86. The van der Waals surface area contributed by atoms with E-state index >= 15 is 0 Å². The van der Waals surface area contributed by atoms with Crippen LogP contribution in [-0.4, -0.2) is 33.0 Å². The molecule has 19 heavy (non-hydrogen) atoms. The number of nitrogens with one attached hydrogen (secondary N) is 1. The van der Waals surface area contributed by atoms with Crippen molar-refractivity contribution in [1.82, 2.24) is 14.7 Å². The van der Waals surface area contributed by atoms with Gasteiger partial charge in [0.15, 0.2) is 5.15 Å². The molecule has 0 fully saturated rings. The van der Waals surface area contributed by atoms with Gasteiger partial charge in [-0.25, -0.2) is 4.98 Å². The highest BCUT2D eigenvalue weighted by atomic mass is 35.5. The number of aliphatic hydroxyl groups excluding tert-OH is 1. The Morgan fingerprint density at radius 2 is 2.42 bits per heavy atom. The van der Waals surface area contributed by atoms with E-state index in [0.29, 0.717) is 10.8 Å². The Kier molecular flexibility index (Phi) is 4.19. The van der Waals surface area contributed by atoms with E-state index in [-0.39, 0.29) is 12.5 Å². The number of nitrogens with zero attached hydrogens (tertiary/aromatic N) is 2. The number of amides is 1. The van der Waals surface area contributed by atoms with E-state index in [1.807, 2.05) is 24.4 Å². The molecule has 0 bridgehead atoms. The number of aromatic nitrogens is 2. The molecule has 0 aliphatic rings. The Morgan fingerprint density at radius 1 is 1.63 bits per heavy atom. The third-order valence-electron chi connectivity index (χ3n) is 2.49. The number of carbonyl (C=O) groups excluding carboxylic acids is 1. The number of aliphatic hydroxyl groups is 1. The summed E-state index contributed by atoms with van der Waals surface area (Å²) in [7, 11) is 0. The van der Waals surface area contributed by atoms with Crippen molar-refractivity contribution in [2.75, 3.05) is 6.54 Å². The number of hydrogen-bond donors (Lipinski definition) is 2. The molecule has 1 atom stereocenters. The Balaban J connectivity index is 2.17. The minimum absolute atomic E-state index is 0.212. The summed E-state index contributed by atoms with van der Waals surface area (Å²) in [6.45, 7) is 1.81. The molecule has 6 heteroatoms. The molecule has 0 aromatic carbocycles. The lowest BCUT2D eigenvalue weighted by Crippen LogP contribution is -2.28. The quantitative estimate of drug-likeness (QED) is 0.834. The molecule has 0 aliphatic heterocycles. The zero-order valence-electron chi connectivity index (χ0n) is 10.4. The number of halogens is 1. The monoisotopic (exact) mass is 279 g/mol. The lowest BCUT2D eigenvalue weighted by atomic mass is 10.3. The summed E-state index contributed by atoms with van der Waals surface area (Å²) in [5.74, 6) is -0.289. The summed E-state index contributed by atoms with van der Waals surface area (Å²) in [4.78, 5) is 15.7. The molecule has 1 unspecified atom stereocenters. The van der Waals surface area contributed by atoms with E-state index in [4.69, 9.17) is 16.7 Å². The highest BCUT2D eigenvalue weighted by molar-refractivity contribution is 6.31. The topological polar surface area (TPSA) is 66.6 Å². The smallest absolute Gasteiger partial charge is 0.244 e. The second-order valence-corrected chi connectivity index (χ2v) is 4.50. The van der Waals surface area contributed by atoms with Gasteiger partial charge in [-0.2, -0.15) is 0 Å². The average Bonchev–Trinajstić information content (AvgIpc) is 2.69. The van der Waals surface area contributed by atoms with Gasteiger partial charge < -0.3 is 10.4 Å². The molecule has 2 rings (SSSR count). The van der Waals surface area contributed by atoms with Gasteiger partial charge in [0, 0.05) is 18.8 Å². The van der Waals surface area contributed by atoms with Gasteiger partial charge in [0.2, 0.25) is 5.91 Å². The molecule has 2 aromatic rings. The van der Waals surface area contributed by atoms with Crippen molar-refractivity contribution in [2.24, 2.45) is 0 Å². The number of pyridine rings is 1. The van der Waals surface area contributed by atoms with Crippen LogP contribution in [0.3, 0.4) is 0 Å². The summed E-state index contributed by atoms with van der Waals surface area (Å²) in [5, 5.41) is 12.0. The lowest BCUT2D eigenvalue weighted by Gasteiger charge is -2.03. The third-order valence-corrected chi connectivity index (χ3v) is 2.76. The van der Waals surface area contributed by atoms with E-state index in [1.54, 1.807) is 17.4 Å². The van der Waals surface area contributed by atoms with Gasteiger partial charge in [-0.1, -0.05) is 17.7 Å². The molecule has 1 amide bonds. The van der Waals surface area contributed by atoms with Crippen LogP contribution in [-0.2, 0) is 4.79 Å². The maximum atomic E-state index is 11.5. The average molecular weight is 280 g/mol. The number of rotatable bonds is 4. The van der Waals surface area contributed by atoms with Crippen molar-refractivity contribution >= 4 is 29.2 Å². The van der Waals surface area contributed by atoms with Gasteiger partial charge in [-0.15, -0.1) is 0 Å². The third kappa shape index (κ3) is 3.33. The van der Waals surface area contributed by atoms with Gasteiger partial charge in [-0.3, -0.25) is 9.20 Å². The molecule has 2 aromatic heterocycles. The van der Waals surface area contributed by atoms with Crippen LogP contribution >= 0.6 is 11.6 Å². The summed E-state index contributed by atoms with van der Waals surface area (Å²) >= 11 is 6.02. The summed E-state index contributed by atoms with van der Waals surface area (Å²) in [6.07, 6.45) is 4.21. The van der Waals surface area contributed by atoms with E-state index in [1.165, 1.54) is 6.08 Å². The van der Waals surface area contributed by atoms with Crippen molar-refractivity contribution in [3.63, 3.8) is 0 Å². The Morgan fingerprint density at radius 3 is 3.16 bits per heavy atom. The number of fused-ring (bicyclic) bond motifs is 1. The van der Waals surface area contributed by atoms with Crippen molar-refractivity contribution in [3.8, 4) is 0 Å². The first-order chi connectivity index (χ1) is 9.08. The van der Waals surface area contributed by atoms with Gasteiger partial charge in [0.25, 0.3) is 0 Å². The molecule has 0 saturated heterocycles. The maximum absolute atomic E-state index is 11.5. The highest BCUT2D eigenvalue weighted by Crippen LogP contribution is 2.18. The Bertz CT molecular complexity index is 619. The standard InChI is InChI=1S/C13H14ClN3O2/c1-9(18)8-15-12(19)6-5-10-13(14)16-11-4-2-3-7-17(10)11/h2-7,9,18H,8H2,1H3,(H,15,19)/b6-5+. The van der Waals surface area contributed by atoms with E-state index < -0.39 is 6.10 Å². The summed E-state index contributed by atoms with van der Waals surface area (Å²) in [6, 6.07) is 5.55. The number of imidazole rings is 1. The summed E-state index contributed by atoms with van der Waals surface area (Å²) in [5.41, 5.74) is 1.36. The van der Waals surface area contributed by atoms with Crippen molar-refractivity contribution in [1.29, 1.82) is 0 Å². The highest BCUT2D eigenvalue weighted by Gasteiger charge is 2.07. The molecule has 0 spiro atoms. The van der Waals surface area contributed by atoms with Crippen LogP contribution in [0.4, 0.5) is 0 Å². The van der Waals surface area contributed by atoms with E-state index in [0.717, 1.165) is 5.65 Å². The van der Waals surface area contributed by atoms with Gasteiger partial charge >= 0.3 is 0 Å². The van der Waals surface area contributed by atoms with Gasteiger partial charge in [-0.05, 0) is 25.1 Å². The van der Waals surface area contributed by atoms with Crippen LogP contribution in [0, 0.1) is 0 Å². The Labute approximate surface area is 115 Å². The SMILES string of the molecule is CC(O)CNC(=O)/C=C/c1c(Cl)nc2ccccn12. The zero-order chi connectivity index (χ0) is 13.8. The molecular weight excluding hydrogens is 266 g/mol. The van der Waals surface area contributed by atoms with Crippen LogP contribution in [0.5, 0.6) is 0 Å². The van der Waals surface area contributed by atoms with E-state index in [2.05, 4.69) is 10.3 Å². The molecule has 2 heterocycles. The lowest BCUT2D eigenvalue weighted by molar-refractivity contribution is -0.116. The molecule has 2 N–H and O–H groups in total. The molecule has 0 radical (unpaired) electrons. The van der Waals surface area contributed by atoms with Gasteiger partial charge in [0.1, 0.15) is 5.65 Å². The van der Waals surface area contributed by atoms with Crippen molar-refractivity contribution in [2.45, 2.75) is 13.0 Å². The normalized spacial score (nSPS) is 13.0. The maximum Gasteiger partial charge on any atom is 0.244 e. The fraction of sp³-hybridized carbons (Fsp3) is 0.231. The minimum atomic E-state index is -0.572. The largest absolute Gasteiger partial charge is 0.392 e. The first kappa shape index (κ1) is 13.6. The second-order valence-electron chi connectivity index (χ2n) is 4.14. The summed E-state index contributed by atoms with van der Waals surface area (Å²) < 4.78 is 1.79. The van der Waals surface area contributed by atoms with Crippen LogP contribution in [0.1, 0.15) is 12.6 Å². The fourth-order valence-corrected chi connectivity index (χ4v) is 1.84. The molecule has 0 saturated carbocycles. The molecular formula is C13H14ClN3O2. The van der Waals surface area contributed by atoms with Crippen molar-refractivity contribution < 1.29 is 9.90 Å².